The molecule has 1 aliphatic heterocycles. The SMILES string of the molecule is CC12CCC(C(=O)N3CCCCCC3)(C/C1=N\O)C2(C)C. The fourth-order valence-electron chi connectivity index (χ4n) is 5.08. The van der Waals surface area contributed by atoms with Crippen LogP contribution in [0.3, 0.4) is 0 Å². The minimum absolute atomic E-state index is 0.134. The molecule has 2 aliphatic carbocycles. The number of nitrogens with zero attached hydrogens (tertiary/aromatic N) is 2. The molecular weight excluding hydrogens is 264 g/mol. The zero-order valence-corrected chi connectivity index (χ0v) is 13.6. The van der Waals surface area contributed by atoms with E-state index >= 15 is 0 Å². The number of rotatable bonds is 1. The third kappa shape index (κ3) is 1.74. The summed E-state index contributed by atoms with van der Waals surface area (Å²) in [6, 6.07) is 0. The smallest absolute Gasteiger partial charge is 0.229 e. The first-order chi connectivity index (χ1) is 9.89. The summed E-state index contributed by atoms with van der Waals surface area (Å²) >= 11 is 0. The van der Waals surface area contributed by atoms with Crippen LogP contribution in [0.25, 0.3) is 0 Å². The average molecular weight is 292 g/mol. The topological polar surface area (TPSA) is 52.9 Å². The maximum atomic E-state index is 13.3. The van der Waals surface area contributed by atoms with Gasteiger partial charge in [0, 0.05) is 24.9 Å². The molecule has 3 rings (SSSR count). The number of hydrogen-bond donors (Lipinski definition) is 1. The average Bonchev–Trinajstić information content (AvgIpc) is 2.71. The molecule has 0 aromatic rings. The second kappa shape index (κ2) is 4.72. The lowest BCUT2D eigenvalue weighted by molar-refractivity contribution is -0.147. The highest BCUT2D eigenvalue weighted by Crippen LogP contribution is 2.71. The third-order valence-corrected chi connectivity index (χ3v) is 7.16. The molecule has 2 saturated carbocycles. The van der Waals surface area contributed by atoms with Crippen molar-refractivity contribution in [2.75, 3.05) is 13.1 Å². The Labute approximate surface area is 127 Å². The first-order valence-electron chi connectivity index (χ1n) is 8.40. The van der Waals surface area contributed by atoms with Crippen LogP contribution in [0.4, 0.5) is 0 Å². The zero-order chi connectivity index (χ0) is 15.3. The maximum Gasteiger partial charge on any atom is 0.229 e. The molecule has 0 aromatic heterocycles. The van der Waals surface area contributed by atoms with Gasteiger partial charge in [0.25, 0.3) is 0 Å². The van der Waals surface area contributed by atoms with E-state index in [-0.39, 0.29) is 16.2 Å². The van der Waals surface area contributed by atoms with Crippen LogP contribution in [0.15, 0.2) is 5.16 Å². The lowest BCUT2D eigenvalue weighted by Crippen LogP contribution is -2.49. The fourth-order valence-corrected chi connectivity index (χ4v) is 5.08. The largest absolute Gasteiger partial charge is 0.411 e. The van der Waals surface area contributed by atoms with E-state index in [4.69, 9.17) is 0 Å². The molecule has 3 aliphatic rings. The summed E-state index contributed by atoms with van der Waals surface area (Å²) in [6.45, 7) is 8.38. The Hall–Kier alpha value is -1.06. The quantitative estimate of drug-likeness (QED) is 0.594. The Morgan fingerprint density at radius 1 is 1.10 bits per heavy atom. The van der Waals surface area contributed by atoms with Crippen molar-refractivity contribution in [3.8, 4) is 0 Å². The maximum absolute atomic E-state index is 13.3. The van der Waals surface area contributed by atoms with E-state index in [1.54, 1.807) is 0 Å². The van der Waals surface area contributed by atoms with Gasteiger partial charge in [0.1, 0.15) is 0 Å². The fraction of sp³-hybridized carbons (Fsp3) is 0.882. The molecule has 4 heteroatoms. The Kier molecular flexibility index (Phi) is 3.34. The molecule has 3 fully saturated rings. The van der Waals surface area contributed by atoms with Crippen LogP contribution in [0.1, 0.15) is 65.7 Å². The van der Waals surface area contributed by atoms with Crippen molar-refractivity contribution in [3.63, 3.8) is 0 Å². The van der Waals surface area contributed by atoms with Gasteiger partial charge >= 0.3 is 0 Å². The van der Waals surface area contributed by atoms with Gasteiger partial charge in [-0.1, -0.05) is 38.8 Å². The summed E-state index contributed by atoms with van der Waals surface area (Å²) in [5, 5.41) is 13.0. The molecule has 2 unspecified atom stereocenters. The van der Waals surface area contributed by atoms with Gasteiger partial charge in [-0.2, -0.15) is 0 Å². The van der Waals surface area contributed by atoms with Crippen LogP contribution in [0, 0.1) is 16.2 Å². The number of oxime groups is 1. The van der Waals surface area contributed by atoms with E-state index in [0.29, 0.717) is 12.3 Å². The lowest BCUT2D eigenvalue weighted by Gasteiger charge is -2.41. The molecule has 4 nitrogen and oxygen atoms in total. The van der Waals surface area contributed by atoms with Crippen molar-refractivity contribution in [2.45, 2.75) is 65.7 Å². The first kappa shape index (κ1) is 14.9. The normalized spacial score (nSPS) is 40.5. The highest BCUT2D eigenvalue weighted by Gasteiger charge is 2.72. The van der Waals surface area contributed by atoms with Crippen LogP contribution in [-0.4, -0.2) is 34.8 Å². The molecule has 1 heterocycles. The number of likely N-dealkylation sites (tertiary alicyclic amines) is 1. The van der Waals surface area contributed by atoms with E-state index in [0.717, 1.165) is 44.5 Å². The molecular formula is C17H28N2O2. The number of carbonyl (C=O) groups is 1. The lowest BCUT2D eigenvalue weighted by atomic mass is 9.64. The molecule has 1 saturated heterocycles. The van der Waals surface area contributed by atoms with Gasteiger partial charge in [0.05, 0.1) is 11.1 Å². The van der Waals surface area contributed by atoms with E-state index in [1.807, 2.05) is 0 Å². The number of amides is 1. The van der Waals surface area contributed by atoms with Crippen molar-refractivity contribution in [1.29, 1.82) is 0 Å². The van der Waals surface area contributed by atoms with Crippen LogP contribution in [0.2, 0.25) is 0 Å². The molecule has 1 N–H and O–H groups in total. The Balaban J connectivity index is 1.95. The summed E-state index contributed by atoms with van der Waals surface area (Å²) < 4.78 is 0. The van der Waals surface area contributed by atoms with Gasteiger partial charge in [-0.05, 0) is 31.1 Å². The van der Waals surface area contributed by atoms with Crippen LogP contribution in [0.5, 0.6) is 0 Å². The summed E-state index contributed by atoms with van der Waals surface area (Å²) in [7, 11) is 0. The first-order valence-corrected chi connectivity index (χ1v) is 8.40. The van der Waals surface area contributed by atoms with Gasteiger partial charge in [-0.3, -0.25) is 4.79 Å². The summed E-state index contributed by atoms with van der Waals surface area (Å²) in [4.78, 5) is 15.4. The zero-order valence-electron chi connectivity index (χ0n) is 13.6. The van der Waals surface area contributed by atoms with Crippen molar-refractivity contribution in [1.82, 2.24) is 4.90 Å². The second-order valence-electron chi connectivity index (χ2n) is 7.97. The van der Waals surface area contributed by atoms with E-state index in [2.05, 4.69) is 30.8 Å². The highest BCUT2D eigenvalue weighted by molar-refractivity contribution is 6.02. The van der Waals surface area contributed by atoms with Gasteiger partial charge in [-0.25, -0.2) is 0 Å². The van der Waals surface area contributed by atoms with Gasteiger partial charge in [0.15, 0.2) is 0 Å². The molecule has 0 radical (unpaired) electrons. The van der Waals surface area contributed by atoms with Gasteiger partial charge < -0.3 is 10.1 Å². The van der Waals surface area contributed by atoms with Gasteiger partial charge in [-0.15, -0.1) is 0 Å². The standard InChI is InChI=1S/C17H28N2O2/c1-15(2)16(3)8-9-17(15,12-13(16)18-21)14(20)19-10-6-4-5-7-11-19/h21H,4-12H2,1-3H3/b18-13+. The number of carbonyl (C=O) groups excluding carboxylic acids is 1. The molecule has 2 atom stereocenters. The Morgan fingerprint density at radius 2 is 1.71 bits per heavy atom. The summed E-state index contributed by atoms with van der Waals surface area (Å²) in [6.07, 6.45) is 7.26. The predicted molar refractivity (Wildman–Crippen MR) is 82.4 cm³/mol. The summed E-state index contributed by atoms with van der Waals surface area (Å²) in [5.41, 5.74) is 0.212. The second-order valence-corrected chi connectivity index (χ2v) is 7.97. The van der Waals surface area contributed by atoms with Crippen molar-refractivity contribution in [2.24, 2.45) is 21.4 Å². The molecule has 0 spiro atoms. The highest BCUT2D eigenvalue weighted by atomic mass is 16.4. The van der Waals surface area contributed by atoms with E-state index < -0.39 is 0 Å². The molecule has 0 aromatic carbocycles. The molecule has 118 valence electrons. The Morgan fingerprint density at radius 3 is 2.24 bits per heavy atom. The van der Waals surface area contributed by atoms with Crippen LogP contribution >= 0.6 is 0 Å². The minimum Gasteiger partial charge on any atom is -0.411 e. The van der Waals surface area contributed by atoms with Crippen LogP contribution in [-0.2, 0) is 4.79 Å². The van der Waals surface area contributed by atoms with E-state index in [9.17, 15) is 10.0 Å². The summed E-state index contributed by atoms with van der Waals surface area (Å²) in [5.74, 6) is 0.316. The van der Waals surface area contributed by atoms with Crippen molar-refractivity contribution in [3.05, 3.63) is 0 Å². The molecule has 1 amide bonds. The Bertz CT molecular complexity index is 477. The van der Waals surface area contributed by atoms with Crippen molar-refractivity contribution >= 4 is 11.6 Å². The monoisotopic (exact) mass is 292 g/mol. The van der Waals surface area contributed by atoms with Gasteiger partial charge in [0.2, 0.25) is 5.91 Å². The third-order valence-electron chi connectivity index (χ3n) is 7.16. The molecule has 2 bridgehead atoms. The number of hydrogen-bond acceptors (Lipinski definition) is 3. The number of fused-ring (bicyclic) bond motifs is 2. The van der Waals surface area contributed by atoms with Crippen molar-refractivity contribution < 1.29 is 10.0 Å². The predicted octanol–water partition coefficient (Wildman–Crippen LogP) is 3.44. The molecule has 21 heavy (non-hydrogen) atoms. The minimum atomic E-state index is -0.354. The van der Waals surface area contributed by atoms with E-state index in [1.165, 1.54) is 12.8 Å². The van der Waals surface area contributed by atoms with Crippen LogP contribution < -0.4 is 0 Å².